The molecule has 1 atom stereocenters. The molecule has 6 nitrogen and oxygen atoms in total. The minimum Gasteiger partial charge on any atom is -0.481 e. The van der Waals surface area contributed by atoms with Gasteiger partial charge in [0.1, 0.15) is 0 Å². The SMILES string of the molecule is CC(O)(CNC(=O)Nc1ccc(F)c(F)c1)CC(=O)O. The largest absolute Gasteiger partial charge is 0.481 e. The van der Waals surface area contributed by atoms with Gasteiger partial charge in [0.2, 0.25) is 0 Å². The molecule has 8 heteroatoms. The van der Waals surface area contributed by atoms with Crippen molar-refractivity contribution in [2.24, 2.45) is 0 Å². The van der Waals surface area contributed by atoms with E-state index in [9.17, 15) is 23.5 Å². The van der Waals surface area contributed by atoms with E-state index in [1.165, 1.54) is 6.92 Å². The molecule has 1 rings (SSSR count). The van der Waals surface area contributed by atoms with Gasteiger partial charge in [-0.25, -0.2) is 13.6 Å². The van der Waals surface area contributed by atoms with Crippen LogP contribution in [0.5, 0.6) is 0 Å². The first-order valence-corrected chi connectivity index (χ1v) is 5.64. The highest BCUT2D eigenvalue weighted by atomic mass is 19.2. The molecule has 1 aromatic carbocycles. The Hall–Kier alpha value is -2.22. The number of amides is 2. The molecule has 0 aromatic heterocycles. The Kier molecular flexibility index (Phi) is 4.98. The smallest absolute Gasteiger partial charge is 0.319 e. The highest BCUT2D eigenvalue weighted by molar-refractivity contribution is 5.89. The third kappa shape index (κ3) is 5.19. The summed E-state index contributed by atoms with van der Waals surface area (Å²) in [6, 6.07) is 2.03. The summed E-state index contributed by atoms with van der Waals surface area (Å²) >= 11 is 0. The van der Waals surface area contributed by atoms with Crippen LogP contribution in [0.25, 0.3) is 0 Å². The normalized spacial score (nSPS) is 13.4. The number of hydrogen-bond donors (Lipinski definition) is 4. The van der Waals surface area contributed by atoms with Crippen molar-refractivity contribution in [3.63, 3.8) is 0 Å². The van der Waals surface area contributed by atoms with E-state index in [1.54, 1.807) is 0 Å². The summed E-state index contributed by atoms with van der Waals surface area (Å²) in [5.41, 5.74) is -1.59. The molecule has 0 aliphatic rings. The van der Waals surface area contributed by atoms with Crippen molar-refractivity contribution < 1.29 is 28.6 Å². The fourth-order valence-electron chi connectivity index (χ4n) is 1.41. The number of carbonyl (C=O) groups excluding carboxylic acids is 1. The van der Waals surface area contributed by atoms with Gasteiger partial charge >= 0.3 is 12.0 Å². The van der Waals surface area contributed by atoms with Crippen LogP contribution in [0, 0.1) is 11.6 Å². The number of hydrogen-bond acceptors (Lipinski definition) is 3. The number of benzene rings is 1. The second kappa shape index (κ2) is 6.29. The Morgan fingerprint density at radius 1 is 1.30 bits per heavy atom. The lowest BCUT2D eigenvalue weighted by molar-refractivity contribution is -0.141. The minimum absolute atomic E-state index is 0.0271. The molecular formula is C12H14F2N2O4. The number of urea groups is 1. The average Bonchev–Trinajstić information content (AvgIpc) is 2.30. The summed E-state index contributed by atoms with van der Waals surface area (Å²) < 4.78 is 25.6. The summed E-state index contributed by atoms with van der Waals surface area (Å²) in [5.74, 6) is -3.36. The van der Waals surface area contributed by atoms with Gasteiger partial charge in [-0.1, -0.05) is 0 Å². The minimum atomic E-state index is -1.61. The second-order valence-electron chi connectivity index (χ2n) is 4.50. The highest BCUT2D eigenvalue weighted by Gasteiger charge is 2.24. The van der Waals surface area contributed by atoms with Crippen molar-refractivity contribution in [1.82, 2.24) is 5.32 Å². The number of rotatable bonds is 5. The predicted octanol–water partition coefficient (Wildman–Crippen LogP) is 1.31. The van der Waals surface area contributed by atoms with Crippen molar-refractivity contribution in [1.29, 1.82) is 0 Å². The molecule has 0 saturated heterocycles. The first-order chi connectivity index (χ1) is 9.19. The van der Waals surface area contributed by atoms with Gasteiger partial charge in [-0.2, -0.15) is 0 Å². The third-order valence-electron chi connectivity index (χ3n) is 2.34. The molecule has 110 valence electrons. The fraction of sp³-hybridized carbons (Fsp3) is 0.333. The van der Waals surface area contributed by atoms with E-state index < -0.39 is 35.7 Å². The number of anilines is 1. The molecule has 0 aliphatic carbocycles. The number of nitrogens with one attached hydrogen (secondary N) is 2. The van der Waals surface area contributed by atoms with Crippen molar-refractivity contribution in [2.45, 2.75) is 18.9 Å². The summed E-state index contributed by atoms with van der Waals surface area (Å²) in [7, 11) is 0. The van der Waals surface area contributed by atoms with Crippen molar-refractivity contribution in [3.8, 4) is 0 Å². The maximum absolute atomic E-state index is 12.9. The first-order valence-electron chi connectivity index (χ1n) is 5.64. The second-order valence-corrected chi connectivity index (χ2v) is 4.50. The van der Waals surface area contributed by atoms with Crippen molar-refractivity contribution in [2.75, 3.05) is 11.9 Å². The lowest BCUT2D eigenvalue weighted by Crippen LogP contribution is -2.43. The summed E-state index contributed by atoms with van der Waals surface area (Å²) in [6.45, 7) is 0.938. The van der Waals surface area contributed by atoms with Gasteiger partial charge < -0.3 is 20.8 Å². The molecule has 0 aliphatic heterocycles. The highest BCUT2D eigenvalue weighted by Crippen LogP contribution is 2.13. The maximum Gasteiger partial charge on any atom is 0.319 e. The van der Waals surface area contributed by atoms with Gasteiger partial charge in [0.05, 0.1) is 12.0 Å². The molecule has 20 heavy (non-hydrogen) atoms. The van der Waals surface area contributed by atoms with Gasteiger partial charge in [-0.05, 0) is 19.1 Å². The monoisotopic (exact) mass is 288 g/mol. The average molecular weight is 288 g/mol. The number of carboxylic acid groups (broad SMARTS) is 1. The number of carbonyl (C=O) groups is 2. The van der Waals surface area contributed by atoms with E-state index in [0.29, 0.717) is 0 Å². The number of aliphatic hydroxyl groups is 1. The molecule has 0 radical (unpaired) electrons. The third-order valence-corrected chi connectivity index (χ3v) is 2.34. The van der Waals surface area contributed by atoms with Crippen LogP contribution in [0.4, 0.5) is 19.3 Å². The van der Waals surface area contributed by atoms with Crippen LogP contribution >= 0.6 is 0 Å². The van der Waals surface area contributed by atoms with Gasteiger partial charge in [-0.3, -0.25) is 4.79 Å². The quantitative estimate of drug-likeness (QED) is 0.656. The van der Waals surface area contributed by atoms with Crippen LogP contribution in [0.2, 0.25) is 0 Å². The fourth-order valence-corrected chi connectivity index (χ4v) is 1.41. The van der Waals surface area contributed by atoms with Crippen LogP contribution in [-0.4, -0.2) is 34.4 Å². The van der Waals surface area contributed by atoms with Crippen molar-refractivity contribution in [3.05, 3.63) is 29.8 Å². The topological polar surface area (TPSA) is 98.7 Å². The Bertz CT molecular complexity index is 520. The number of halogens is 2. The van der Waals surface area contributed by atoms with E-state index in [-0.39, 0.29) is 12.2 Å². The molecule has 1 aromatic rings. The van der Waals surface area contributed by atoms with E-state index in [2.05, 4.69) is 10.6 Å². The Morgan fingerprint density at radius 3 is 2.50 bits per heavy atom. The summed E-state index contributed by atoms with van der Waals surface area (Å²) in [6.07, 6.45) is -0.543. The van der Waals surface area contributed by atoms with Gasteiger partial charge in [0.25, 0.3) is 0 Å². The molecule has 0 heterocycles. The lowest BCUT2D eigenvalue weighted by Gasteiger charge is -2.21. The van der Waals surface area contributed by atoms with Crippen LogP contribution in [-0.2, 0) is 4.79 Å². The molecule has 0 fully saturated rings. The van der Waals surface area contributed by atoms with Crippen LogP contribution in [0.15, 0.2) is 18.2 Å². The standard InChI is InChI=1S/C12H14F2N2O4/c1-12(20,5-10(17)18)6-15-11(19)16-7-2-3-8(13)9(14)4-7/h2-4,20H,5-6H2,1H3,(H,17,18)(H2,15,16,19). The predicted molar refractivity (Wildman–Crippen MR) is 66.3 cm³/mol. The van der Waals surface area contributed by atoms with E-state index >= 15 is 0 Å². The maximum atomic E-state index is 12.9. The molecule has 2 amide bonds. The zero-order chi connectivity index (χ0) is 15.3. The van der Waals surface area contributed by atoms with E-state index in [1.807, 2.05) is 0 Å². The van der Waals surface area contributed by atoms with Gasteiger partial charge in [-0.15, -0.1) is 0 Å². The van der Waals surface area contributed by atoms with Gasteiger partial charge in [0, 0.05) is 18.3 Å². The van der Waals surface area contributed by atoms with Gasteiger partial charge in [0.15, 0.2) is 11.6 Å². The molecule has 0 spiro atoms. The lowest BCUT2D eigenvalue weighted by atomic mass is 10.0. The molecule has 0 saturated carbocycles. The number of carboxylic acids is 1. The Morgan fingerprint density at radius 2 is 1.95 bits per heavy atom. The molecule has 0 bridgehead atoms. The van der Waals surface area contributed by atoms with Crippen LogP contribution in [0.1, 0.15) is 13.3 Å². The summed E-state index contributed by atoms with van der Waals surface area (Å²) in [5, 5.41) is 22.6. The molecule has 4 N–H and O–H groups in total. The van der Waals surface area contributed by atoms with Crippen LogP contribution in [0.3, 0.4) is 0 Å². The number of aliphatic carboxylic acids is 1. The first kappa shape index (κ1) is 15.8. The van der Waals surface area contributed by atoms with E-state index in [0.717, 1.165) is 18.2 Å². The Labute approximate surface area is 113 Å². The molecular weight excluding hydrogens is 274 g/mol. The Balaban J connectivity index is 2.51. The molecule has 1 unspecified atom stereocenters. The zero-order valence-electron chi connectivity index (χ0n) is 10.6. The van der Waals surface area contributed by atoms with E-state index in [4.69, 9.17) is 5.11 Å². The van der Waals surface area contributed by atoms with Crippen molar-refractivity contribution >= 4 is 17.7 Å². The van der Waals surface area contributed by atoms with Crippen LogP contribution < -0.4 is 10.6 Å². The zero-order valence-corrected chi connectivity index (χ0v) is 10.6. The summed E-state index contributed by atoms with van der Waals surface area (Å²) in [4.78, 5) is 21.9.